The molecule has 0 fully saturated rings. The van der Waals surface area contributed by atoms with E-state index in [-0.39, 0.29) is 11.3 Å². The molecule has 0 heterocycles. The lowest BCUT2D eigenvalue weighted by Crippen LogP contribution is -2.12. The molecule has 0 bridgehead atoms. The lowest BCUT2D eigenvalue weighted by molar-refractivity contribution is 0.0936. The van der Waals surface area contributed by atoms with Crippen molar-refractivity contribution in [3.8, 4) is 0 Å². The van der Waals surface area contributed by atoms with Crippen molar-refractivity contribution in [2.45, 2.75) is 46.0 Å². The molecule has 1 aromatic carbocycles. The number of hydrogen-bond donors (Lipinski definition) is 0. The van der Waals surface area contributed by atoms with E-state index in [1.165, 1.54) is 11.1 Å². The number of carbonyl (C=O) groups excluding carboxylic acids is 1. The highest BCUT2D eigenvalue weighted by Gasteiger charge is 2.34. The van der Waals surface area contributed by atoms with E-state index in [2.05, 4.69) is 45.9 Å². The molecule has 16 heavy (non-hydrogen) atoms. The van der Waals surface area contributed by atoms with E-state index in [9.17, 15) is 4.79 Å². The molecule has 0 saturated heterocycles. The van der Waals surface area contributed by atoms with E-state index in [4.69, 9.17) is 0 Å². The van der Waals surface area contributed by atoms with Crippen molar-refractivity contribution in [1.82, 2.24) is 0 Å². The molecule has 1 aromatic rings. The molecule has 0 N–H and O–H groups in total. The minimum atomic E-state index is 0.115. The first-order valence-electron chi connectivity index (χ1n) is 6.01. The topological polar surface area (TPSA) is 17.1 Å². The fourth-order valence-corrected chi connectivity index (χ4v) is 2.37. The molecule has 2 atom stereocenters. The number of Topliss-reactive ketones (excluding diaryl/α,β-unsaturated/α-hetero) is 1. The largest absolute Gasteiger partial charge is 0.294 e. The van der Waals surface area contributed by atoms with Crippen LogP contribution in [0.2, 0.25) is 0 Å². The van der Waals surface area contributed by atoms with Gasteiger partial charge in [-0.3, -0.25) is 4.79 Å². The highest BCUT2D eigenvalue weighted by atomic mass is 16.1. The minimum absolute atomic E-state index is 0.115. The van der Waals surface area contributed by atoms with Gasteiger partial charge in [-0.15, -0.1) is 0 Å². The Morgan fingerprint density at radius 2 is 1.69 bits per heavy atom. The third-order valence-corrected chi connectivity index (χ3v) is 3.84. The zero-order valence-electron chi connectivity index (χ0n) is 10.8. The molecule has 0 amide bonds. The van der Waals surface area contributed by atoms with Crippen LogP contribution in [0, 0.1) is 5.92 Å². The Kier molecular flexibility index (Phi) is 2.45. The Balaban J connectivity index is 2.54. The Morgan fingerprint density at radius 3 is 2.25 bits per heavy atom. The molecule has 1 nitrogen and oxygen atoms in total. The number of benzene rings is 1. The summed E-state index contributed by atoms with van der Waals surface area (Å²) in [7, 11) is 0. The van der Waals surface area contributed by atoms with Crippen LogP contribution in [0.1, 0.15) is 62.0 Å². The van der Waals surface area contributed by atoms with Crippen LogP contribution >= 0.6 is 0 Å². The Bertz CT molecular complexity index is 437. The second kappa shape index (κ2) is 3.44. The average Bonchev–Trinajstić information content (AvgIpc) is 2.43. The quantitative estimate of drug-likeness (QED) is 0.642. The molecular weight excluding hydrogens is 196 g/mol. The normalized spacial score (nSPS) is 24.7. The van der Waals surface area contributed by atoms with Crippen molar-refractivity contribution in [3.63, 3.8) is 0 Å². The van der Waals surface area contributed by atoms with Gasteiger partial charge in [-0.2, -0.15) is 0 Å². The Labute approximate surface area is 97.9 Å². The Morgan fingerprint density at radius 1 is 1.06 bits per heavy atom. The van der Waals surface area contributed by atoms with Gasteiger partial charge >= 0.3 is 0 Å². The number of ketones is 1. The molecule has 0 aliphatic heterocycles. The standard InChI is InChI=1S/C15H20O/c1-9-10(2)14(16)13-8-11(15(3,4)5)6-7-12(9)13/h6-10H,1-5H3. The number of fused-ring (bicyclic) bond motifs is 1. The smallest absolute Gasteiger partial charge is 0.166 e. The van der Waals surface area contributed by atoms with Gasteiger partial charge in [0.1, 0.15) is 0 Å². The third kappa shape index (κ3) is 1.59. The second-order valence-corrected chi connectivity index (χ2v) is 5.99. The van der Waals surface area contributed by atoms with Crippen LogP contribution in [0.5, 0.6) is 0 Å². The molecular formula is C15H20O. The maximum atomic E-state index is 12.1. The van der Waals surface area contributed by atoms with Crippen LogP contribution in [0.3, 0.4) is 0 Å². The first-order valence-corrected chi connectivity index (χ1v) is 6.01. The maximum absolute atomic E-state index is 12.1. The van der Waals surface area contributed by atoms with Crippen molar-refractivity contribution in [1.29, 1.82) is 0 Å². The van der Waals surface area contributed by atoms with Crippen LogP contribution in [0.25, 0.3) is 0 Å². The van der Waals surface area contributed by atoms with E-state index in [1.807, 2.05) is 6.92 Å². The highest BCUT2D eigenvalue weighted by molar-refractivity contribution is 6.03. The van der Waals surface area contributed by atoms with Gasteiger partial charge in [-0.05, 0) is 28.5 Å². The number of hydrogen-bond acceptors (Lipinski definition) is 1. The minimum Gasteiger partial charge on any atom is -0.294 e. The van der Waals surface area contributed by atoms with Gasteiger partial charge in [0, 0.05) is 11.5 Å². The van der Waals surface area contributed by atoms with Gasteiger partial charge < -0.3 is 0 Å². The molecule has 0 radical (unpaired) electrons. The molecule has 2 rings (SSSR count). The predicted octanol–water partition coefficient (Wildman–Crippen LogP) is 3.92. The van der Waals surface area contributed by atoms with Crippen LogP contribution in [-0.2, 0) is 5.41 Å². The van der Waals surface area contributed by atoms with Crippen LogP contribution < -0.4 is 0 Å². The summed E-state index contributed by atoms with van der Waals surface area (Å²) < 4.78 is 0. The highest BCUT2D eigenvalue weighted by Crippen LogP contribution is 2.39. The molecule has 0 saturated carbocycles. The van der Waals surface area contributed by atoms with Crippen molar-refractivity contribution in [3.05, 3.63) is 34.9 Å². The van der Waals surface area contributed by atoms with Crippen molar-refractivity contribution in [2.24, 2.45) is 5.92 Å². The third-order valence-electron chi connectivity index (χ3n) is 3.84. The first kappa shape index (κ1) is 11.4. The fraction of sp³-hybridized carbons (Fsp3) is 0.533. The molecule has 0 aromatic heterocycles. The molecule has 2 unspecified atom stereocenters. The van der Waals surface area contributed by atoms with E-state index in [0.29, 0.717) is 11.7 Å². The maximum Gasteiger partial charge on any atom is 0.166 e. The fourth-order valence-electron chi connectivity index (χ4n) is 2.37. The zero-order chi connectivity index (χ0) is 12.1. The summed E-state index contributed by atoms with van der Waals surface area (Å²) in [5.41, 5.74) is 3.54. The van der Waals surface area contributed by atoms with Gasteiger partial charge in [0.15, 0.2) is 5.78 Å². The SMILES string of the molecule is CC1C(=O)c2cc(C(C)(C)C)ccc2C1C. The first-order chi connectivity index (χ1) is 7.32. The van der Waals surface area contributed by atoms with E-state index >= 15 is 0 Å². The lowest BCUT2D eigenvalue weighted by atomic mass is 9.85. The van der Waals surface area contributed by atoms with Gasteiger partial charge in [-0.25, -0.2) is 0 Å². The van der Waals surface area contributed by atoms with Crippen molar-refractivity contribution in [2.75, 3.05) is 0 Å². The molecule has 1 aliphatic carbocycles. The van der Waals surface area contributed by atoms with Gasteiger partial charge in [0.05, 0.1) is 0 Å². The van der Waals surface area contributed by atoms with Crippen molar-refractivity contribution >= 4 is 5.78 Å². The van der Waals surface area contributed by atoms with Gasteiger partial charge in [-0.1, -0.05) is 46.8 Å². The van der Waals surface area contributed by atoms with Crippen LogP contribution in [0.4, 0.5) is 0 Å². The second-order valence-electron chi connectivity index (χ2n) is 5.99. The summed E-state index contributed by atoms with van der Waals surface area (Å²) in [5.74, 6) is 0.829. The summed E-state index contributed by atoms with van der Waals surface area (Å²) >= 11 is 0. The number of carbonyl (C=O) groups is 1. The monoisotopic (exact) mass is 216 g/mol. The predicted molar refractivity (Wildman–Crippen MR) is 67.1 cm³/mol. The lowest BCUT2D eigenvalue weighted by Gasteiger charge is -2.20. The van der Waals surface area contributed by atoms with E-state index in [1.54, 1.807) is 0 Å². The van der Waals surface area contributed by atoms with Gasteiger partial charge in [0.25, 0.3) is 0 Å². The molecule has 86 valence electrons. The summed E-state index contributed by atoms with van der Waals surface area (Å²) in [4.78, 5) is 12.1. The van der Waals surface area contributed by atoms with Crippen molar-refractivity contribution < 1.29 is 4.79 Å². The summed E-state index contributed by atoms with van der Waals surface area (Å²) in [6.07, 6.45) is 0. The average molecular weight is 216 g/mol. The summed E-state index contributed by atoms with van der Waals surface area (Å²) in [6.45, 7) is 10.7. The zero-order valence-corrected chi connectivity index (χ0v) is 10.8. The Hall–Kier alpha value is -1.11. The molecule has 1 aliphatic rings. The van der Waals surface area contributed by atoms with Crippen LogP contribution in [0.15, 0.2) is 18.2 Å². The molecule has 1 heteroatoms. The summed E-state index contributed by atoms with van der Waals surface area (Å²) in [6, 6.07) is 6.40. The van der Waals surface area contributed by atoms with E-state index < -0.39 is 0 Å². The van der Waals surface area contributed by atoms with Crippen LogP contribution in [-0.4, -0.2) is 5.78 Å². The summed E-state index contributed by atoms with van der Waals surface area (Å²) in [5, 5.41) is 0. The number of rotatable bonds is 0. The van der Waals surface area contributed by atoms with Gasteiger partial charge in [0.2, 0.25) is 0 Å². The molecule has 0 spiro atoms. The van der Waals surface area contributed by atoms with E-state index in [0.717, 1.165) is 5.56 Å².